The van der Waals surface area contributed by atoms with E-state index >= 15 is 0 Å². The van der Waals surface area contributed by atoms with Gasteiger partial charge in [0.15, 0.2) is 0 Å². The van der Waals surface area contributed by atoms with Crippen LogP contribution in [0.1, 0.15) is 18.5 Å². The van der Waals surface area contributed by atoms with Crippen LogP contribution in [0.5, 0.6) is 0 Å². The summed E-state index contributed by atoms with van der Waals surface area (Å²) in [6, 6.07) is 9.21. The predicted molar refractivity (Wildman–Crippen MR) is 77.6 cm³/mol. The average molecular weight is 283 g/mol. The Labute approximate surface area is 121 Å². The summed E-state index contributed by atoms with van der Waals surface area (Å²) < 4.78 is 14.9. The Hall–Kier alpha value is -2.76. The molecule has 0 aliphatic rings. The van der Waals surface area contributed by atoms with Crippen molar-refractivity contribution < 1.29 is 4.39 Å². The second-order valence-corrected chi connectivity index (χ2v) is 4.69. The number of nitrogens with zero attached hydrogens (tertiary/aromatic N) is 4. The van der Waals surface area contributed by atoms with Crippen molar-refractivity contribution >= 4 is 5.69 Å². The van der Waals surface area contributed by atoms with Crippen LogP contribution in [-0.4, -0.2) is 19.7 Å². The number of pyridine rings is 1. The third kappa shape index (κ3) is 3.05. The highest BCUT2D eigenvalue weighted by molar-refractivity contribution is 5.49. The monoisotopic (exact) mass is 283 g/mol. The molecule has 0 spiro atoms. The van der Waals surface area contributed by atoms with Crippen LogP contribution in [0.3, 0.4) is 0 Å². The van der Waals surface area contributed by atoms with E-state index in [4.69, 9.17) is 0 Å². The minimum Gasteiger partial charge on any atom is -0.378 e. The number of anilines is 1. The lowest BCUT2D eigenvalue weighted by atomic mass is 10.1. The normalized spacial score (nSPS) is 12.1. The lowest BCUT2D eigenvalue weighted by Gasteiger charge is -2.15. The van der Waals surface area contributed by atoms with Crippen molar-refractivity contribution in [1.82, 2.24) is 19.7 Å². The third-order valence-electron chi connectivity index (χ3n) is 3.16. The van der Waals surface area contributed by atoms with E-state index in [1.54, 1.807) is 17.2 Å². The number of halogens is 1. The molecule has 0 amide bonds. The Morgan fingerprint density at radius 1 is 1.14 bits per heavy atom. The number of benzene rings is 1. The first-order valence-corrected chi connectivity index (χ1v) is 6.54. The van der Waals surface area contributed by atoms with E-state index in [-0.39, 0.29) is 11.9 Å². The van der Waals surface area contributed by atoms with Gasteiger partial charge < -0.3 is 5.32 Å². The molecule has 2 heterocycles. The molecule has 0 saturated heterocycles. The maximum Gasteiger partial charge on any atom is 0.141 e. The Kier molecular flexibility index (Phi) is 3.59. The van der Waals surface area contributed by atoms with Crippen molar-refractivity contribution in [2.45, 2.75) is 13.0 Å². The molecule has 0 fully saturated rings. The van der Waals surface area contributed by atoms with Crippen molar-refractivity contribution in [2.75, 3.05) is 5.32 Å². The van der Waals surface area contributed by atoms with E-state index in [9.17, 15) is 4.39 Å². The molecule has 1 atom stereocenters. The molecule has 3 aromatic rings. The Morgan fingerprint density at radius 3 is 2.62 bits per heavy atom. The Balaban J connectivity index is 1.73. The van der Waals surface area contributed by atoms with E-state index in [0.29, 0.717) is 0 Å². The van der Waals surface area contributed by atoms with E-state index < -0.39 is 0 Å². The smallest absolute Gasteiger partial charge is 0.141 e. The zero-order chi connectivity index (χ0) is 14.7. The molecule has 0 radical (unpaired) electrons. The van der Waals surface area contributed by atoms with Crippen molar-refractivity contribution in [3.8, 4) is 5.69 Å². The van der Waals surface area contributed by atoms with Crippen LogP contribution in [0.2, 0.25) is 0 Å². The summed E-state index contributed by atoms with van der Waals surface area (Å²) >= 11 is 0. The molecule has 3 rings (SSSR count). The maximum absolute atomic E-state index is 13.2. The van der Waals surface area contributed by atoms with Gasteiger partial charge in [-0.2, -0.15) is 5.10 Å². The van der Waals surface area contributed by atoms with E-state index in [1.165, 1.54) is 18.6 Å². The minimum atomic E-state index is -0.331. The lowest BCUT2D eigenvalue weighted by Crippen LogP contribution is -2.07. The molecule has 0 bridgehead atoms. The number of aromatic nitrogens is 4. The summed E-state index contributed by atoms with van der Waals surface area (Å²) in [7, 11) is 0. The van der Waals surface area contributed by atoms with Crippen LogP contribution in [0.4, 0.5) is 10.1 Å². The van der Waals surface area contributed by atoms with Crippen molar-refractivity contribution in [3.63, 3.8) is 0 Å². The van der Waals surface area contributed by atoms with Crippen LogP contribution >= 0.6 is 0 Å². The van der Waals surface area contributed by atoms with Crippen LogP contribution in [-0.2, 0) is 0 Å². The van der Waals surface area contributed by atoms with Gasteiger partial charge in [0.25, 0.3) is 0 Å². The van der Waals surface area contributed by atoms with E-state index in [0.717, 1.165) is 16.9 Å². The highest BCUT2D eigenvalue weighted by atomic mass is 19.1. The molecule has 0 aliphatic heterocycles. The van der Waals surface area contributed by atoms with Gasteiger partial charge in [-0.05, 0) is 42.8 Å². The first-order chi connectivity index (χ1) is 10.2. The van der Waals surface area contributed by atoms with Crippen LogP contribution in [0.25, 0.3) is 5.69 Å². The number of nitrogens with one attached hydrogen (secondary N) is 1. The van der Waals surface area contributed by atoms with Gasteiger partial charge in [0.1, 0.15) is 18.5 Å². The molecule has 21 heavy (non-hydrogen) atoms. The fraction of sp³-hybridized carbons (Fsp3) is 0.133. The van der Waals surface area contributed by atoms with Gasteiger partial charge in [-0.15, -0.1) is 0 Å². The molecule has 5 nitrogen and oxygen atoms in total. The molecular formula is C15H14FN5. The van der Waals surface area contributed by atoms with Crippen LogP contribution in [0, 0.1) is 5.82 Å². The van der Waals surface area contributed by atoms with Gasteiger partial charge in [-0.3, -0.25) is 4.98 Å². The summed E-state index contributed by atoms with van der Waals surface area (Å²) in [5, 5.41) is 7.38. The topological polar surface area (TPSA) is 55.6 Å². The number of hydrogen-bond donors (Lipinski definition) is 1. The van der Waals surface area contributed by atoms with Gasteiger partial charge in [0.05, 0.1) is 17.9 Å². The van der Waals surface area contributed by atoms with Gasteiger partial charge in [0.2, 0.25) is 0 Å². The second-order valence-electron chi connectivity index (χ2n) is 4.69. The molecule has 1 aromatic carbocycles. The summed E-state index contributed by atoms with van der Waals surface area (Å²) in [6.07, 6.45) is 5.99. The zero-order valence-corrected chi connectivity index (χ0v) is 11.4. The Bertz CT molecular complexity index is 709. The number of rotatable bonds is 4. The summed E-state index contributed by atoms with van der Waals surface area (Å²) in [5.41, 5.74) is 2.67. The van der Waals surface area contributed by atoms with E-state index in [2.05, 4.69) is 20.4 Å². The largest absolute Gasteiger partial charge is 0.378 e. The quantitative estimate of drug-likeness (QED) is 0.799. The molecule has 2 aromatic heterocycles. The Morgan fingerprint density at radius 2 is 1.95 bits per heavy atom. The lowest BCUT2D eigenvalue weighted by molar-refractivity contribution is 0.616. The molecular weight excluding hydrogens is 269 g/mol. The highest BCUT2D eigenvalue weighted by Crippen LogP contribution is 2.20. The van der Waals surface area contributed by atoms with Gasteiger partial charge >= 0.3 is 0 Å². The van der Waals surface area contributed by atoms with Gasteiger partial charge in [0, 0.05) is 11.9 Å². The maximum atomic E-state index is 13.2. The minimum absolute atomic E-state index is 0.0366. The summed E-state index contributed by atoms with van der Waals surface area (Å²) in [5.74, 6) is -0.331. The van der Waals surface area contributed by atoms with Crippen molar-refractivity contribution in [2.24, 2.45) is 0 Å². The summed E-state index contributed by atoms with van der Waals surface area (Å²) in [6.45, 7) is 1.96. The van der Waals surface area contributed by atoms with Crippen molar-refractivity contribution in [3.05, 3.63) is 66.8 Å². The second kappa shape index (κ2) is 5.70. The van der Waals surface area contributed by atoms with Crippen LogP contribution in [0.15, 0.2) is 55.4 Å². The number of hydrogen-bond acceptors (Lipinski definition) is 4. The third-order valence-corrected chi connectivity index (χ3v) is 3.16. The standard InChI is InChI=1S/C15H14FN5/c1-11(12-6-13(16)8-17-7-12)20-14-2-4-15(5-3-14)21-10-18-9-19-21/h2-11,20H,1H3. The van der Waals surface area contributed by atoms with Crippen LogP contribution < -0.4 is 5.32 Å². The summed E-state index contributed by atoms with van der Waals surface area (Å²) in [4.78, 5) is 7.77. The van der Waals surface area contributed by atoms with E-state index in [1.807, 2.05) is 31.2 Å². The fourth-order valence-electron chi connectivity index (χ4n) is 2.05. The molecule has 0 saturated carbocycles. The molecule has 1 N–H and O–H groups in total. The predicted octanol–water partition coefficient (Wildman–Crippen LogP) is 2.97. The molecule has 0 aliphatic carbocycles. The van der Waals surface area contributed by atoms with Gasteiger partial charge in [-0.1, -0.05) is 0 Å². The zero-order valence-electron chi connectivity index (χ0n) is 11.4. The fourth-order valence-corrected chi connectivity index (χ4v) is 2.05. The van der Waals surface area contributed by atoms with Crippen molar-refractivity contribution in [1.29, 1.82) is 0 Å². The first kappa shape index (κ1) is 13.2. The molecule has 6 heteroatoms. The SMILES string of the molecule is CC(Nc1ccc(-n2cncn2)cc1)c1cncc(F)c1. The molecule has 106 valence electrons. The highest BCUT2D eigenvalue weighted by Gasteiger charge is 2.07. The average Bonchev–Trinajstić information content (AvgIpc) is 3.02. The molecule has 1 unspecified atom stereocenters. The first-order valence-electron chi connectivity index (χ1n) is 6.54. The van der Waals surface area contributed by atoms with Gasteiger partial charge in [-0.25, -0.2) is 14.1 Å².